The number of hydrogen-bond donors (Lipinski definition) is 0. The van der Waals surface area contributed by atoms with E-state index >= 15 is 0 Å². The molecule has 44 heavy (non-hydrogen) atoms. The maximum atomic E-state index is 13.3. The Bertz CT molecular complexity index is 1590. The zero-order valence-electron chi connectivity index (χ0n) is 26.4. The molecule has 4 aliphatic rings. The summed E-state index contributed by atoms with van der Waals surface area (Å²) in [5.74, 6) is 2.67. The van der Waals surface area contributed by atoms with Crippen LogP contribution in [0.2, 0.25) is 0 Å². The molecular formula is C37H44IO5S+. The molecule has 0 aliphatic heterocycles. The van der Waals surface area contributed by atoms with E-state index in [4.69, 9.17) is 9.47 Å². The number of aryl methyl sites for hydroxylation is 1. The second-order valence-electron chi connectivity index (χ2n) is 14.4. The molecular weight excluding hydrogens is 683 g/mol. The first-order valence-corrected chi connectivity index (χ1v) is 19.6. The first-order chi connectivity index (χ1) is 20.8. The summed E-state index contributed by atoms with van der Waals surface area (Å²) in [5, 5.41) is 0. The fourth-order valence-corrected chi connectivity index (χ4v) is 11.5. The van der Waals surface area contributed by atoms with Gasteiger partial charge in [-0.05, 0) is 129 Å². The van der Waals surface area contributed by atoms with Gasteiger partial charge in [0, 0.05) is 5.56 Å². The molecule has 7 rings (SSSR count). The fourth-order valence-electron chi connectivity index (χ4n) is 7.74. The van der Waals surface area contributed by atoms with Crippen LogP contribution in [0, 0.1) is 37.7 Å². The van der Waals surface area contributed by atoms with Gasteiger partial charge < -0.3 is 9.47 Å². The number of carbonyl (C=O) groups is 1. The highest BCUT2D eigenvalue weighted by Crippen LogP contribution is 2.59. The number of halogens is 1. The van der Waals surface area contributed by atoms with E-state index in [9.17, 15) is 13.2 Å². The van der Waals surface area contributed by atoms with E-state index in [1.54, 1.807) is 36.4 Å². The summed E-state index contributed by atoms with van der Waals surface area (Å²) in [7, 11) is -3.52. The molecule has 0 heterocycles. The van der Waals surface area contributed by atoms with Gasteiger partial charge in [-0.3, -0.25) is 0 Å². The van der Waals surface area contributed by atoms with Crippen LogP contribution in [0.3, 0.4) is 0 Å². The van der Waals surface area contributed by atoms with E-state index < -0.39 is 31.0 Å². The van der Waals surface area contributed by atoms with Gasteiger partial charge in [0.1, 0.15) is 11.4 Å². The molecule has 4 fully saturated rings. The molecule has 4 saturated carbocycles. The number of benzene rings is 3. The van der Waals surface area contributed by atoms with Crippen LogP contribution in [0.25, 0.3) is 0 Å². The quantitative estimate of drug-likeness (QED) is 0.240. The molecule has 0 N–H and O–H groups in total. The Morgan fingerprint density at radius 1 is 0.886 bits per heavy atom. The lowest BCUT2D eigenvalue weighted by molar-refractivity contribution is -0.598. The van der Waals surface area contributed by atoms with Crippen molar-refractivity contribution >= 4 is 15.8 Å². The Hall–Kier alpha value is -2.39. The Balaban J connectivity index is 1.03. The van der Waals surface area contributed by atoms with Gasteiger partial charge >= 0.3 is 27.2 Å². The number of ether oxygens (including phenoxy) is 2. The lowest BCUT2D eigenvalue weighted by Crippen LogP contribution is -3.61. The van der Waals surface area contributed by atoms with Crippen molar-refractivity contribution in [3.63, 3.8) is 0 Å². The van der Waals surface area contributed by atoms with Crippen molar-refractivity contribution in [2.75, 3.05) is 6.61 Å². The minimum Gasteiger partial charge on any atom is -0.482 e. The Kier molecular flexibility index (Phi) is 8.68. The number of hydrogen-bond acceptors (Lipinski definition) is 5. The third kappa shape index (κ3) is 6.74. The van der Waals surface area contributed by atoms with Gasteiger partial charge in [0.05, 0.1) is 10.6 Å². The van der Waals surface area contributed by atoms with Crippen LogP contribution in [0.5, 0.6) is 5.75 Å². The monoisotopic (exact) mass is 727 g/mol. The molecule has 4 bridgehead atoms. The van der Waals surface area contributed by atoms with E-state index in [0.29, 0.717) is 28.0 Å². The zero-order chi connectivity index (χ0) is 31.3. The lowest BCUT2D eigenvalue weighted by atomic mass is 9.50. The second-order valence-corrected chi connectivity index (χ2v) is 19.4. The van der Waals surface area contributed by atoms with Gasteiger partial charge in [-0.2, -0.15) is 0 Å². The van der Waals surface area contributed by atoms with Crippen LogP contribution in [-0.4, -0.2) is 26.6 Å². The van der Waals surface area contributed by atoms with Crippen LogP contribution >= 0.6 is 0 Å². The minimum absolute atomic E-state index is 0.0967. The summed E-state index contributed by atoms with van der Waals surface area (Å²) in [4.78, 5) is 13.1. The van der Waals surface area contributed by atoms with Gasteiger partial charge in [0.15, 0.2) is 23.6 Å². The standard InChI is InChI=1S/C37H44IO5S/c1-24-16-33(14-15-34(24)38-31-10-8-28(9-11-31)36(2,3)4)44(40,41)23-25-6-12-32(13-7-25)42-22-35(39)43-37(5)29-18-26-17-27(20-29)21-30(37)19-26/h6-16,26-27,29-30H,17-23H2,1-5H3/q+1. The van der Waals surface area contributed by atoms with E-state index in [0.717, 1.165) is 17.4 Å². The predicted molar refractivity (Wildman–Crippen MR) is 168 cm³/mol. The molecule has 3 aromatic carbocycles. The normalized spacial score (nSPS) is 26.0. The summed E-state index contributed by atoms with van der Waals surface area (Å²) in [6, 6.07) is 21.3. The van der Waals surface area contributed by atoms with Crippen LogP contribution in [0.15, 0.2) is 71.6 Å². The number of rotatable bonds is 9. The van der Waals surface area contributed by atoms with Crippen molar-refractivity contribution in [1.29, 1.82) is 0 Å². The second kappa shape index (κ2) is 12.1. The summed E-state index contributed by atoms with van der Waals surface area (Å²) in [5.41, 5.74) is 2.75. The first-order valence-electron chi connectivity index (χ1n) is 15.8. The third-order valence-electron chi connectivity index (χ3n) is 10.1. The number of carbonyl (C=O) groups excluding carboxylic acids is 1. The third-order valence-corrected chi connectivity index (χ3v) is 15.0. The van der Waals surface area contributed by atoms with E-state index in [1.807, 2.05) is 13.0 Å². The van der Waals surface area contributed by atoms with Gasteiger partial charge in [-0.15, -0.1) is 0 Å². The molecule has 4 aliphatic carbocycles. The Morgan fingerprint density at radius 2 is 1.50 bits per heavy atom. The van der Waals surface area contributed by atoms with Crippen molar-refractivity contribution in [3.05, 3.63) is 90.6 Å². The molecule has 0 saturated heterocycles. The maximum absolute atomic E-state index is 13.3. The smallest absolute Gasteiger partial charge is 0.358 e. The average molecular weight is 728 g/mol. The summed E-state index contributed by atoms with van der Waals surface area (Å²) >= 11 is -0.407. The van der Waals surface area contributed by atoms with Crippen molar-refractivity contribution in [2.24, 2.45) is 23.7 Å². The highest BCUT2D eigenvalue weighted by atomic mass is 127. The molecule has 0 amide bonds. The summed E-state index contributed by atoms with van der Waals surface area (Å²) in [6.45, 7) is 10.6. The molecule has 0 atom stereocenters. The van der Waals surface area contributed by atoms with Gasteiger partial charge in [-0.25, -0.2) is 13.2 Å². The van der Waals surface area contributed by atoms with Crippen molar-refractivity contribution in [1.82, 2.24) is 0 Å². The van der Waals surface area contributed by atoms with Gasteiger partial charge in [-0.1, -0.05) is 45.0 Å². The molecule has 3 aromatic rings. The molecule has 7 heteroatoms. The van der Waals surface area contributed by atoms with Crippen molar-refractivity contribution < 1.29 is 43.9 Å². The SMILES string of the molecule is Cc1cc(S(=O)(=O)Cc2ccc(OCC(=O)OC3(C)C4CC5CC(C4)CC3C5)cc2)ccc1[I+]c1ccc(C(C)(C)C)cc1. The minimum atomic E-state index is -3.52. The maximum Gasteiger partial charge on any atom is 0.358 e. The Morgan fingerprint density at radius 3 is 2.07 bits per heavy atom. The predicted octanol–water partition coefficient (Wildman–Crippen LogP) is 4.53. The Labute approximate surface area is 273 Å². The topological polar surface area (TPSA) is 69.7 Å². The van der Waals surface area contributed by atoms with Crippen LogP contribution < -0.4 is 25.9 Å². The first kappa shape index (κ1) is 31.6. The highest BCUT2D eigenvalue weighted by Gasteiger charge is 2.57. The largest absolute Gasteiger partial charge is 0.482 e. The van der Waals surface area contributed by atoms with E-state index in [1.165, 1.54) is 44.8 Å². The number of sulfone groups is 1. The lowest BCUT2D eigenvalue weighted by Gasteiger charge is -2.59. The summed E-state index contributed by atoms with van der Waals surface area (Å²) < 4.78 is 41.0. The number of esters is 1. The van der Waals surface area contributed by atoms with Crippen molar-refractivity contribution in [2.45, 2.75) is 88.4 Å². The van der Waals surface area contributed by atoms with E-state index in [-0.39, 0.29) is 29.3 Å². The van der Waals surface area contributed by atoms with Crippen LogP contribution in [-0.2, 0) is 30.5 Å². The van der Waals surface area contributed by atoms with Crippen LogP contribution in [0.4, 0.5) is 0 Å². The molecule has 5 nitrogen and oxygen atoms in total. The van der Waals surface area contributed by atoms with Gasteiger partial charge in [0.2, 0.25) is 0 Å². The van der Waals surface area contributed by atoms with Gasteiger partial charge in [0.25, 0.3) is 0 Å². The summed E-state index contributed by atoms with van der Waals surface area (Å²) in [6.07, 6.45) is 6.08. The fraction of sp³-hybridized carbons (Fsp3) is 0.486. The zero-order valence-corrected chi connectivity index (χ0v) is 29.4. The average Bonchev–Trinajstić information content (AvgIpc) is 2.96. The van der Waals surface area contributed by atoms with Crippen LogP contribution in [0.1, 0.15) is 76.5 Å². The highest BCUT2D eigenvalue weighted by molar-refractivity contribution is 7.90. The molecule has 0 unspecified atom stereocenters. The molecule has 0 aromatic heterocycles. The molecule has 0 spiro atoms. The van der Waals surface area contributed by atoms with E-state index in [2.05, 4.69) is 52.0 Å². The van der Waals surface area contributed by atoms with Crippen molar-refractivity contribution in [3.8, 4) is 5.75 Å². The molecule has 0 radical (unpaired) electrons. The molecule has 234 valence electrons.